The van der Waals surface area contributed by atoms with E-state index in [0.717, 1.165) is 37.8 Å². The molecule has 1 amide bonds. The summed E-state index contributed by atoms with van der Waals surface area (Å²) in [6.07, 6.45) is 0.858. The Morgan fingerprint density at radius 1 is 1.09 bits per heavy atom. The zero-order valence-corrected chi connectivity index (χ0v) is 12.2. The van der Waals surface area contributed by atoms with E-state index in [9.17, 15) is 18.0 Å². The number of hydrogen-bond donors (Lipinski definition) is 3. The Hall–Kier alpha value is -1.31. The maximum Gasteiger partial charge on any atom is 0.490 e. The van der Waals surface area contributed by atoms with E-state index in [4.69, 9.17) is 9.90 Å². The zero-order chi connectivity index (χ0) is 16.3. The molecule has 3 atom stereocenters. The number of aliphatic carboxylic acids is 1. The third kappa shape index (κ3) is 4.34. The largest absolute Gasteiger partial charge is 0.490 e. The molecule has 0 aromatic rings. The first-order chi connectivity index (χ1) is 10.3. The summed E-state index contributed by atoms with van der Waals surface area (Å²) in [5.41, 5.74) is 0. The lowest BCUT2D eigenvalue weighted by molar-refractivity contribution is -0.192. The number of carboxylic acid groups (broad SMARTS) is 1. The fraction of sp³-hybridized carbons (Fsp3) is 0.857. The average Bonchev–Trinajstić information content (AvgIpc) is 2.93. The number of alkyl halides is 3. The minimum atomic E-state index is -5.08. The van der Waals surface area contributed by atoms with Crippen LogP contribution in [-0.2, 0) is 9.59 Å². The number of rotatable bonds is 2. The Morgan fingerprint density at radius 3 is 1.95 bits per heavy atom. The Morgan fingerprint density at radius 2 is 1.59 bits per heavy atom. The third-order valence-electron chi connectivity index (χ3n) is 4.72. The average molecular weight is 322 g/mol. The van der Waals surface area contributed by atoms with E-state index in [1.807, 2.05) is 0 Å². The van der Waals surface area contributed by atoms with Crippen LogP contribution in [0.5, 0.6) is 0 Å². The van der Waals surface area contributed by atoms with Crippen molar-refractivity contribution in [2.24, 2.45) is 17.8 Å². The quantitative estimate of drug-likeness (QED) is 0.720. The summed E-state index contributed by atoms with van der Waals surface area (Å²) in [5.74, 6) is -0.534. The first kappa shape index (κ1) is 17.1. The molecular weight excluding hydrogens is 301 g/mol. The molecule has 0 aromatic heterocycles. The highest BCUT2D eigenvalue weighted by Gasteiger charge is 2.40. The smallest absolute Gasteiger partial charge is 0.475 e. The zero-order valence-electron chi connectivity index (χ0n) is 12.2. The maximum atomic E-state index is 11.9. The van der Waals surface area contributed by atoms with E-state index < -0.39 is 12.1 Å². The summed E-state index contributed by atoms with van der Waals surface area (Å²) < 4.78 is 31.7. The second kappa shape index (κ2) is 6.85. The summed E-state index contributed by atoms with van der Waals surface area (Å²) in [6.45, 7) is 2.27. The van der Waals surface area contributed by atoms with E-state index in [2.05, 4.69) is 10.6 Å². The molecule has 0 radical (unpaired) electrons. The fourth-order valence-corrected chi connectivity index (χ4v) is 3.25. The van der Waals surface area contributed by atoms with Gasteiger partial charge >= 0.3 is 12.1 Å². The van der Waals surface area contributed by atoms with E-state index in [-0.39, 0.29) is 0 Å². The number of halogens is 3. The summed E-state index contributed by atoms with van der Waals surface area (Å²) in [5, 5.41) is 13.7. The summed E-state index contributed by atoms with van der Waals surface area (Å²) in [6, 6.07) is 0.510. The molecule has 2 aliphatic carbocycles. The Labute approximate surface area is 126 Å². The molecule has 3 rings (SSSR count). The van der Waals surface area contributed by atoms with Gasteiger partial charge in [0.25, 0.3) is 0 Å². The molecule has 1 aliphatic heterocycles. The molecule has 1 heterocycles. The molecule has 3 N–H and O–H groups in total. The second-order valence-electron chi connectivity index (χ2n) is 6.29. The summed E-state index contributed by atoms with van der Waals surface area (Å²) >= 11 is 0. The predicted molar refractivity (Wildman–Crippen MR) is 72.0 cm³/mol. The van der Waals surface area contributed by atoms with Gasteiger partial charge in [-0.3, -0.25) is 4.79 Å². The molecule has 126 valence electrons. The van der Waals surface area contributed by atoms with Crippen molar-refractivity contribution in [1.82, 2.24) is 10.6 Å². The van der Waals surface area contributed by atoms with Crippen LogP contribution in [0.25, 0.3) is 0 Å². The number of carboxylic acids is 1. The number of carbonyl (C=O) groups is 2. The van der Waals surface area contributed by atoms with Gasteiger partial charge in [0.1, 0.15) is 0 Å². The minimum absolute atomic E-state index is 0.322. The number of hydrogen-bond acceptors (Lipinski definition) is 3. The van der Waals surface area contributed by atoms with Gasteiger partial charge in [-0.2, -0.15) is 13.2 Å². The van der Waals surface area contributed by atoms with Crippen molar-refractivity contribution < 1.29 is 27.9 Å². The van der Waals surface area contributed by atoms with Gasteiger partial charge in [0, 0.05) is 12.0 Å². The molecule has 2 saturated carbocycles. The first-order valence-electron chi connectivity index (χ1n) is 7.58. The third-order valence-corrected chi connectivity index (χ3v) is 4.72. The van der Waals surface area contributed by atoms with Crippen molar-refractivity contribution in [2.45, 2.75) is 44.3 Å². The van der Waals surface area contributed by atoms with Gasteiger partial charge in [0.05, 0.1) is 0 Å². The van der Waals surface area contributed by atoms with Crippen LogP contribution in [0.3, 0.4) is 0 Å². The van der Waals surface area contributed by atoms with Gasteiger partial charge in [0.2, 0.25) is 5.91 Å². The molecule has 0 bridgehead atoms. The fourth-order valence-electron chi connectivity index (χ4n) is 3.25. The van der Waals surface area contributed by atoms with Crippen molar-refractivity contribution in [3.05, 3.63) is 0 Å². The van der Waals surface area contributed by atoms with Crippen LogP contribution in [-0.4, -0.2) is 42.3 Å². The molecule has 8 heteroatoms. The lowest BCUT2D eigenvalue weighted by atomic mass is 9.92. The van der Waals surface area contributed by atoms with Crippen molar-refractivity contribution in [3.8, 4) is 0 Å². The highest BCUT2D eigenvalue weighted by atomic mass is 19.4. The van der Waals surface area contributed by atoms with Crippen LogP contribution < -0.4 is 10.6 Å². The normalized spacial score (nSPS) is 30.8. The Balaban J connectivity index is 0.000000217. The highest BCUT2D eigenvalue weighted by molar-refractivity contribution is 5.79. The molecule has 3 aliphatic rings. The van der Waals surface area contributed by atoms with Crippen LogP contribution in [0.2, 0.25) is 0 Å². The lowest BCUT2D eigenvalue weighted by Crippen LogP contribution is -2.42. The van der Waals surface area contributed by atoms with Crippen LogP contribution in [0.1, 0.15) is 32.1 Å². The number of fused-ring (bicyclic) bond motifs is 1. The van der Waals surface area contributed by atoms with Crippen molar-refractivity contribution in [2.75, 3.05) is 13.1 Å². The number of amides is 1. The molecule has 22 heavy (non-hydrogen) atoms. The van der Waals surface area contributed by atoms with Crippen LogP contribution >= 0.6 is 0 Å². The van der Waals surface area contributed by atoms with Gasteiger partial charge in [-0.05, 0) is 57.0 Å². The second-order valence-corrected chi connectivity index (χ2v) is 6.29. The Bertz CT molecular complexity index is 412. The van der Waals surface area contributed by atoms with Gasteiger partial charge in [-0.25, -0.2) is 4.79 Å². The monoisotopic (exact) mass is 322 g/mol. The SMILES string of the molecule is O=C(NC1CCC1)C1C[C@H]2CNC[C@H]2C1.O=C(O)C(F)(F)F. The van der Waals surface area contributed by atoms with Gasteiger partial charge < -0.3 is 15.7 Å². The van der Waals surface area contributed by atoms with Gasteiger partial charge in [0.15, 0.2) is 0 Å². The highest BCUT2D eigenvalue weighted by Crippen LogP contribution is 2.38. The van der Waals surface area contributed by atoms with Gasteiger partial charge in [-0.15, -0.1) is 0 Å². The molecule has 1 saturated heterocycles. The predicted octanol–water partition coefficient (Wildman–Crippen LogP) is 1.53. The lowest BCUT2D eigenvalue weighted by Gasteiger charge is -2.27. The van der Waals surface area contributed by atoms with E-state index >= 15 is 0 Å². The van der Waals surface area contributed by atoms with E-state index in [1.54, 1.807) is 0 Å². The van der Waals surface area contributed by atoms with Crippen molar-refractivity contribution in [1.29, 1.82) is 0 Å². The minimum Gasteiger partial charge on any atom is -0.475 e. The summed E-state index contributed by atoms with van der Waals surface area (Å²) in [4.78, 5) is 20.8. The maximum absolute atomic E-state index is 11.9. The van der Waals surface area contributed by atoms with Crippen molar-refractivity contribution in [3.63, 3.8) is 0 Å². The number of nitrogens with one attached hydrogen (secondary N) is 2. The summed E-state index contributed by atoms with van der Waals surface area (Å²) in [7, 11) is 0. The standard InChI is InChI=1S/C12H20N2O.C2HF3O2/c15-12(14-11-2-1-3-11)8-4-9-6-13-7-10(9)5-8;3-2(4,5)1(6)7/h8-11,13H,1-7H2,(H,14,15);(H,6,7)/t8?,9-,10+;. The number of carbonyl (C=O) groups excluding carboxylic acids is 1. The van der Waals surface area contributed by atoms with Crippen LogP contribution in [0.15, 0.2) is 0 Å². The van der Waals surface area contributed by atoms with E-state index in [1.165, 1.54) is 19.3 Å². The topological polar surface area (TPSA) is 78.4 Å². The molecular formula is C14H21F3N2O3. The van der Waals surface area contributed by atoms with Crippen molar-refractivity contribution >= 4 is 11.9 Å². The molecule has 0 aromatic carbocycles. The molecule has 0 spiro atoms. The Kier molecular flexibility index (Phi) is 5.31. The van der Waals surface area contributed by atoms with Crippen LogP contribution in [0.4, 0.5) is 13.2 Å². The molecule has 3 fully saturated rings. The van der Waals surface area contributed by atoms with Gasteiger partial charge in [-0.1, -0.05) is 0 Å². The molecule has 5 nitrogen and oxygen atoms in total. The molecule has 1 unspecified atom stereocenters. The first-order valence-corrected chi connectivity index (χ1v) is 7.58. The van der Waals surface area contributed by atoms with Crippen LogP contribution in [0, 0.1) is 17.8 Å². The van der Waals surface area contributed by atoms with E-state index in [0.29, 0.717) is 17.9 Å².